The Kier molecular flexibility index (Phi) is 5.87. The van der Waals surface area contributed by atoms with Crippen LogP contribution in [-0.2, 0) is 16.1 Å². The van der Waals surface area contributed by atoms with Gasteiger partial charge in [0.15, 0.2) is 0 Å². The third kappa shape index (κ3) is 3.47. The van der Waals surface area contributed by atoms with Gasteiger partial charge in [0, 0.05) is 13.0 Å². The Labute approximate surface area is 172 Å². The minimum absolute atomic E-state index is 0.0460. The highest BCUT2D eigenvalue weighted by atomic mass is 16.5. The van der Waals surface area contributed by atoms with Gasteiger partial charge in [-0.3, -0.25) is 4.79 Å². The van der Waals surface area contributed by atoms with E-state index in [-0.39, 0.29) is 18.5 Å². The second kappa shape index (κ2) is 8.05. The summed E-state index contributed by atoms with van der Waals surface area (Å²) in [5.74, 6) is 5.51. The highest BCUT2D eigenvalue weighted by Crippen LogP contribution is 2.56. The Bertz CT molecular complexity index is 920. The van der Waals surface area contributed by atoms with Gasteiger partial charge in [0.1, 0.15) is 0 Å². The van der Waals surface area contributed by atoms with Gasteiger partial charge in [-0.1, -0.05) is 30.7 Å². The van der Waals surface area contributed by atoms with Gasteiger partial charge in [-0.25, -0.2) is 5.84 Å². The summed E-state index contributed by atoms with van der Waals surface area (Å²) in [4.78, 5) is 13.0. The van der Waals surface area contributed by atoms with Gasteiger partial charge in [-0.15, -0.1) is 0 Å². The fraction of sp³-hybridized carbons (Fsp3) is 0.435. The number of rotatable bonds is 6. The number of aliphatic hydroxyl groups excluding tert-OH is 1. The minimum Gasteiger partial charge on any atom is -0.469 e. The molecule has 5 N–H and O–H groups in total. The Morgan fingerprint density at radius 3 is 2.48 bits per heavy atom. The van der Waals surface area contributed by atoms with E-state index in [0.717, 1.165) is 52.8 Å². The van der Waals surface area contributed by atoms with Crippen molar-refractivity contribution in [3.05, 3.63) is 58.1 Å². The van der Waals surface area contributed by atoms with Crippen molar-refractivity contribution >= 4 is 17.3 Å². The number of aliphatic hydroxyl groups is 1. The van der Waals surface area contributed by atoms with E-state index < -0.39 is 5.41 Å². The number of anilines is 2. The van der Waals surface area contributed by atoms with E-state index in [1.807, 2.05) is 44.2 Å². The zero-order valence-corrected chi connectivity index (χ0v) is 17.7. The molecule has 1 atom stereocenters. The number of hydrazine groups is 1. The van der Waals surface area contributed by atoms with E-state index in [0.29, 0.717) is 5.69 Å². The molecule has 1 aliphatic carbocycles. The first-order chi connectivity index (χ1) is 13.8. The van der Waals surface area contributed by atoms with Gasteiger partial charge in [-0.05, 0) is 60.6 Å². The molecule has 0 radical (unpaired) electrons. The van der Waals surface area contributed by atoms with Crippen LogP contribution in [0.15, 0.2) is 30.3 Å². The van der Waals surface area contributed by atoms with Crippen LogP contribution in [0.1, 0.15) is 53.0 Å². The summed E-state index contributed by atoms with van der Waals surface area (Å²) in [5.41, 5.74) is 11.9. The highest BCUT2D eigenvalue weighted by molar-refractivity contribution is 5.81. The van der Waals surface area contributed by atoms with Crippen molar-refractivity contribution in [3.63, 3.8) is 0 Å². The van der Waals surface area contributed by atoms with Crippen LogP contribution in [0.5, 0.6) is 0 Å². The van der Waals surface area contributed by atoms with Crippen molar-refractivity contribution in [2.24, 2.45) is 11.3 Å². The lowest BCUT2D eigenvalue weighted by atomic mass is 9.57. The van der Waals surface area contributed by atoms with Crippen molar-refractivity contribution < 1.29 is 14.6 Å². The molecule has 2 aromatic rings. The molecule has 0 aliphatic heterocycles. The van der Waals surface area contributed by atoms with E-state index in [9.17, 15) is 9.90 Å². The van der Waals surface area contributed by atoms with Crippen LogP contribution in [0.2, 0.25) is 0 Å². The Hall–Kier alpha value is -2.57. The number of hydrogen-bond donors (Lipinski definition) is 3. The van der Waals surface area contributed by atoms with E-state index in [4.69, 9.17) is 16.3 Å². The van der Waals surface area contributed by atoms with Gasteiger partial charge in [0.2, 0.25) is 0 Å². The van der Waals surface area contributed by atoms with Gasteiger partial charge >= 0.3 is 5.97 Å². The molecule has 0 saturated heterocycles. The van der Waals surface area contributed by atoms with Gasteiger partial charge in [0.25, 0.3) is 0 Å². The maximum atomic E-state index is 13.0. The maximum Gasteiger partial charge on any atom is 0.312 e. The third-order valence-electron chi connectivity index (χ3n) is 6.49. The molecular formula is C23H31N3O3. The number of carbonyl (C=O) groups excluding carboxylic acids is 1. The zero-order chi connectivity index (χ0) is 21.3. The molecule has 1 saturated carbocycles. The summed E-state index contributed by atoms with van der Waals surface area (Å²) in [6.45, 7) is 3.89. The smallest absolute Gasteiger partial charge is 0.312 e. The fourth-order valence-corrected chi connectivity index (χ4v) is 4.56. The van der Waals surface area contributed by atoms with Crippen LogP contribution in [0.4, 0.5) is 11.4 Å². The molecule has 29 heavy (non-hydrogen) atoms. The van der Waals surface area contributed by atoms with Crippen molar-refractivity contribution in [2.45, 2.75) is 45.6 Å². The normalized spacial score (nSPS) is 16.1. The van der Waals surface area contributed by atoms with Crippen LogP contribution >= 0.6 is 0 Å². The monoisotopic (exact) mass is 397 g/mol. The molecule has 6 heteroatoms. The predicted molar refractivity (Wildman–Crippen MR) is 115 cm³/mol. The molecule has 0 heterocycles. The van der Waals surface area contributed by atoms with Gasteiger partial charge in [-0.2, -0.15) is 0 Å². The molecule has 0 spiro atoms. The standard InChI is InChI=1S/C23H31N3O3/c1-14-6-7-16(12-17(14)13-27)20(23(10-5-11-23)22(28)29-4)18-8-9-19(26(3)25)21(24)15(18)2/h6-9,12,20,27H,5,10-11,13,24-25H2,1-4H3. The fourth-order valence-electron chi connectivity index (χ4n) is 4.56. The van der Waals surface area contributed by atoms with Crippen molar-refractivity contribution in [1.82, 2.24) is 0 Å². The molecule has 1 aliphatic rings. The molecule has 2 aromatic carbocycles. The third-order valence-corrected chi connectivity index (χ3v) is 6.49. The molecule has 0 amide bonds. The van der Waals surface area contributed by atoms with E-state index in [1.54, 1.807) is 7.05 Å². The minimum atomic E-state index is -0.635. The van der Waals surface area contributed by atoms with Crippen LogP contribution < -0.4 is 16.6 Å². The number of carbonyl (C=O) groups is 1. The summed E-state index contributed by atoms with van der Waals surface area (Å²) >= 11 is 0. The Balaban J connectivity index is 2.25. The van der Waals surface area contributed by atoms with Crippen LogP contribution in [-0.4, -0.2) is 25.2 Å². The predicted octanol–water partition coefficient (Wildman–Crippen LogP) is 3.16. The molecule has 156 valence electrons. The topological polar surface area (TPSA) is 102 Å². The van der Waals surface area contributed by atoms with Gasteiger partial charge in [0.05, 0.1) is 30.5 Å². The molecule has 0 aromatic heterocycles. The summed E-state index contributed by atoms with van der Waals surface area (Å²) in [6, 6.07) is 9.95. The largest absolute Gasteiger partial charge is 0.469 e. The lowest BCUT2D eigenvalue weighted by Crippen LogP contribution is -2.45. The summed E-state index contributed by atoms with van der Waals surface area (Å²) in [5, 5.41) is 11.3. The molecule has 0 bridgehead atoms. The average Bonchev–Trinajstić information content (AvgIpc) is 2.67. The lowest BCUT2D eigenvalue weighted by molar-refractivity contribution is -0.159. The quantitative estimate of drug-likeness (QED) is 0.299. The van der Waals surface area contributed by atoms with E-state index >= 15 is 0 Å². The van der Waals surface area contributed by atoms with Crippen LogP contribution in [0.25, 0.3) is 0 Å². The number of ether oxygens (including phenoxy) is 1. The second-order valence-corrected chi connectivity index (χ2v) is 8.10. The zero-order valence-electron chi connectivity index (χ0n) is 17.7. The Morgan fingerprint density at radius 2 is 1.97 bits per heavy atom. The first kappa shape index (κ1) is 21.1. The maximum absolute atomic E-state index is 13.0. The van der Waals surface area contributed by atoms with Gasteiger partial charge < -0.3 is 20.6 Å². The first-order valence-electron chi connectivity index (χ1n) is 9.93. The molecule has 1 unspecified atom stereocenters. The lowest BCUT2D eigenvalue weighted by Gasteiger charge is -2.46. The number of methoxy groups -OCH3 is 1. The second-order valence-electron chi connectivity index (χ2n) is 8.10. The number of aryl methyl sites for hydroxylation is 1. The number of esters is 1. The number of nitrogens with zero attached hydrogens (tertiary/aromatic N) is 1. The molecular weight excluding hydrogens is 366 g/mol. The SMILES string of the molecule is COC(=O)C1(C(c2ccc(C)c(CO)c2)c2ccc(N(C)N)c(N)c2C)CCC1. The van der Waals surface area contributed by atoms with Crippen LogP contribution in [0, 0.1) is 19.3 Å². The molecule has 1 fully saturated rings. The Morgan fingerprint density at radius 1 is 1.28 bits per heavy atom. The summed E-state index contributed by atoms with van der Waals surface area (Å²) < 4.78 is 5.25. The van der Waals surface area contributed by atoms with E-state index in [2.05, 4.69) is 0 Å². The molecule has 6 nitrogen and oxygen atoms in total. The van der Waals surface area contributed by atoms with Crippen LogP contribution in [0.3, 0.4) is 0 Å². The summed E-state index contributed by atoms with van der Waals surface area (Å²) in [6.07, 6.45) is 2.48. The number of benzene rings is 2. The average molecular weight is 398 g/mol. The summed E-state index contributed by atoms with van der Waals surface area (Å²) in [7, 11) is 3.19. The van der Waals surface area contributed by atoms with Crippen molar-refractivity contribution in [1.29, 1.82) is 0 Å². The first-order valence-corrected chi connectivity index (χ1v) is 9.93. The number of hydrogen-bond acceptors (Lipinski definition) is 6. The molecule has 3 rings (SSSR count). The number of nitrogen functional groups attached to an aromatic ring is 1. The van der Waals surface area contributed by atoms with E-state index in [1.165, 1.54) is 12.1 Å². The number of nitrogens with two attached hydrogens (primary N) is 2. The van der Waals surface area contributed by atoms with Crippen molar-refractivity contribution in [3.8, 4) is 0 Å². The van der Waals surface area contributed by atoms with Crippen molar-refractivity contribution in [2.75, 3.05) is 24.9 Å². The highest BCUT2D eigenvalue weighted by Gasteiger charge is 2.53.